The summed E-state index contributed by atoms with van der Waals surface area (Å²) in [5.74, 6) is -1.35. The highest BCUT2D eigenvalue weighted by Gasteiger charge is 2.43. The van der Waals surface area contributed by atoms with Crippen molar-refractivity contribution in [1.29, 1.82) is 0 Å². The van der Waals surface area contributed by atoms with Crippen LogP contribution in [0.1, 0.15) is 22.0 Å². The molecule has 0 radical (unpaired) electrons. The number of rotatable bonds is 4. The van der Waals surface area contributed by atoms with Crippen LogP contribution in [0.25, 0.3) is 0 Å². The molecule has 0 aromatic heterocycles. The third-order valence-corrected chi connectivity index (χ3v) is 6.29. The number of carbonyl (C=O) groups excluding carboxylic acids is 1. The number of hydrogen-bond acceptors (Lipinski definition) is 10. The van der Waals surface area contributed by atoms with Crippen LogP contribution in [-0.2, 0) is 9.47 Å². The summed E-state index contributed by atoms with van der Waals surface area (Å²) in [5.41, 5.74) is 0.855. The van der Waals surface area contributed by atoms with E-state index < -0.39 is 48.2 Å². The number of hydrogen-bond donors (Lipinski definition) is 5. The van der Waals surface area contributed by atoms with Crippen molar-refractivity contribution in [3.8, 4) is 28.7 Å². The average molecular weight is 484 g/mol. The number of aromatic hydroxyl groups is 3. The van der Waals surface area contributed by atoms with Crippen LogP contribution in [-0.4, -0.2) is 75.6 Å². The quantitative estimate of drug-likeness (QED) is 0.431. The van der Waals surface area contributed by atoms with Crippen LogP contribution in [0.5, 0.6) is 28.7 Å². The molecule has 0 spiro atoms. The van der Waals surface area contributed by atoms with Crippen molar-refractivity contribution in [2.24, 2.45) is 0 Å². The van der Waals surface area contributed by atoms with E-state index in [9.17, 15) is 30.3 Å². The predicted molar refractivity (Wildman–Crippen MR) is 120 cm³/mol. The fraction of sp³-hybridized carbons (Fsp3) is 0.320. The topological polar surface area (TPSA) is 155 Å². The molecule has 184 valence electrons. The number of methoxy groups -OCH3 is 1. The molecular weight excluding hydrogens is 460 g/mol. The number of carbonyl (C=O) groups is 1. The van der Waals surface area contributed by atoms with Gasteiger partial charge in [-0.3, -0.25) is 4.79 Å². The average Bonchev–Trinajstić information content (AvgIpc) is 2.85. The maximum atomic E-state index is 12.8. The van der Waals surface area contributed by atoms with Crippen molar-refractivity contribution in [1.82, 2.24) is 0 Å². The highest BCUT2D eigenvalue weighted by atomic mass is 16.6. The lowest BCUT2D eigenvalue weighted by Gasteiger charge is -2.41. The molecule has 5 N–H and O–H groups in total. The van der Waals surface area contributed by atoms with Crippen molar-refractivity contribution in [3.63, 3.8) is 0 Å². The SMILES string of the molecule is COc1cc([C@H]2O[C@H]3C=C([C@H]4Oc5cc(O)cc(O)c5C(=O)[C@@H]4O)C=C[C@@H]3O[C@@H]2CO)ccc1O. The largest absolute Gasteiger partial charge is 0.508 e. The maximum Gasteiger partial charge on any atom is 0.202 e. The molecule has 5 rings (SSSR count). The highest BCUT2D eigenvalue weighted by molar-refractivity contribution is 6.05. The normalized spacial score (nSPS) is 29.6. The lowest BCUT2D eigenvalue weighted by atomic mass is 9.88. The Kier molecular flexibility index (Phi) is 5.89. The van der Waals surface area contributed by atoms with Gasteiger partial charge in [-0.2, -0.15) is 0 Å². The first kappa shape index (κ1) is 23.2. The number of aliphatic hydroxyl groups is 2. The second-order valence-corrected chi connectivity index (χ2v) is 8.49. The first-order valence-corrected chi connectivity index (χ1v) is 10.9. The van der Waals surface area contributed by atoms with Gasteiger partial charge < -0.3 is 44.5 Å². The molecule has 1 aliphatic carbocycles. The van der Waals surface area contributed by atoms with E-state index in [0.717, 1.165) is 6.07 Å². The second kappa shape index (κ2) is 8.90. The smallest absolute Gasteiger partial charge is 0.202 e. The van der Waals surface area contributed by atoms with Gasteiger partial charge in [0, 0.05) is 12.1 Å². The van der Waals surface area contributed by atoms with Crippen LogP contribution in [0, 0.1) is 0 Å². The fourth-order valence-corrected chi connectivity index (χ4v) is 4.58. The third-order valence-electron chi connectivity index (χ3n) is 6.29. The molecule has 10 heteroatoms. The summed E-state index contributed by atoms with van der Waals surface area (Å²) < 4.78 is 23.3. The second-order valence-electron chi connectivity index (χ2n) is 8.49. The van der Waals surface area contributed by atoms with E-state index in [0.29, 0.717) is 11.1 Å². The molecule has 10 nitrogen and oxygen atoms in total. The lowest BCUT2D eigenvalue weighted by molar-refractivity contribution is -0.205. The molecule has 1 fully saturated rings. The van der Waals surface area contributed by atoms with Gasteiger partial charge in [0.1, 0.15) is 47.2 Å². The Morgan fingerprint density at radius 1 is 1.00 bits per heavy atom. The van der Waals surface area contributed by atoms with Crippen molar-refractivity contribution in [2.75, 3.05) is 13.7 Å². The van der Waals surface area contributed by atoms with Gasteiger partial charge in [-0.1, -0.05) is 18.2 Å². The van der Waals surface area contributed by atoms with Crippen LogP contribution in [0.4, 0.5) is 0 Å². The number of fused-ring (bicyclic) bond motifs is 2. The Morgan fingerprint density at radius 3 is 2.54 bits per heavy atom. The molecule has 35 heavy (non-hydrogen) atoms. The number of ketones is 1. The monoisotopic (exact) mass is 484 g/mol. The minimum atomic E-state index is -1.60. The molecule has 2 aliphatic heterocycles. The molecule has 2 aromatic rings. The van der Waals surface area contributed by atoms with E-state index in [2.05, 4.69) is 0 Å². The minimum absolute atomic E-state index is 0.0420. The highest BCUT2D eigenvalue weighted by Crippen LogP contribution is 2.42. The molecule has 0 unspecified atom stereocenters. The summed E-state index contributed by atoms with van der Waals surface area (Å²) in [6.45, 7) is -0.315. The van der Waals surface area contributed by atoms with E-state index in [4.69, 9.17) is 18.9 Å². The number of phenolic OH excluding ortho intramolecular Hbond substituents is 3. The van der Waals surface area contributed by atoms with E-state index in [1.807, 2.05) is 0 Å². The summed E-state index contributed by atoms with van der Waals surface area (Å²) in [5, 5.41) is 50.3. The molecule has 1 saturated heterocycles. The van der Waals surface area contributed by atoms with E-state index in [1.54, 1.807) is 30.4 Å². The van der Waals surface area contributed by atoms with Crippen LogP contribution < -0.4 is 9.47 Å². The first-order valence-electron chi connectivity index (χ1n) is 10.9. The molecule has 0 bridgehead atoms. The van der Waals surface area contributed by atoms with Crippen LogP contribution >= 0.6 is 0 Å². The lowest BCUT2D eigenvalue weighted by Crippen LogP contribution is -2.48. The van der Waals surface area contributed by atoms with Gasteiger partial charge in [0.15, 0.2) is 23.7 Å². The van der Waals surface area contributed by atoms with Crippen molar-refractivity contribution in [3.05, 3.63) is 65.3 Å². The number of ether oxygens (including phenoxy) is 4. The Morgan fingerprint density at radius 2 is 1.80 bits per heavy atom. The summed E-state index contributed by atoms with van der Waals surface area (Å²) in [6, 6.07) is 6.89. The van der Waals surface area contributed by atoms with Gasteiger partial charge in [-0.25, -0.2) is 0 Å². The van der Waals surface area contributed by atoms with Gasteiger partial charge >= 0.3 is 0 Å². The van der Waals surface area contributed by atoms with Gasteiger partial charge in [0.25, 0.3) is 0 Å². The summed E-state index contributed by atoms with van der Waals surface area (Å²) >= 11 is 0. The van der Waals surface area contributed by atoms with Gasteiger partial charge in [0.2, 0.25) is 5.78 Å². The molecule has 6 atom stereocenters. The third kappa shape index (κ3) is 4.00. The minimum Gasteiger partial charge on any atom is -0.508 e. The Labute approximate surface area is 199 Å². The standard InChI is InChI=1S/C25H24O10/c1-32-17-6-11(2-4-14(17)28)24-20(10-26)33-16-5-3-12(7-18(16)34-24)25-23(31)22(30)21-15(29)8-13(27)9-19(21)35-25/h2-9,16,18,20,23-29,31H,10H2,1H3/t16-,18-,20+,23-,24+,25+/m0/s1. The molecule has 2 heterocycles. The molecule has 2 aromatic carbocycles. The van der Waals surface area contributed by atoms with Crippen molar-refractivity contribution < 1.29 is 49.3 Å². The number of Topliss-reactive ketones (excluding diaryl/α,β-unsaturated/α-hetero) is 1. The molecule has 0 saturated carbocycles. The number of benzene rings is 2. The molecule has 3 aliphatic rings. The Hall–Kier alpha value is -3.57. The number of aliphatic hydroxyl groups excluding tert-OH is 2. The molecular formula is C25H24O10. The van der Waals surface area contributed by atoms with Crippen LogP contribution in [0.15, 0.2) is 54.1 Å². The zero-order valence-electron chi connectivity index (χ0n) is 18.6. The Bertz CT molecular complexity index is 1220. The first-order chi connectivity index (χ1) is 16.8. The van der Waals surface area contributed by atoms with Gasteiger partial charge in [-0.15, -0.1) is 0 Å². The predicted octanol–water partition coefficient (Wildman–Crippen LogP) is 1.50. The van der Waals surface area contributed by atoms with Crippen molar-refractivity contribution >= 4 is 5.78 Å². The maximum absolute atomic E-state index is 12.8. The van der Waals surface area contributed by atoms with E-state index in [-0.39, 0.29) is 35.2 Å². The Balaban J connectivity index is 1.44. The number of phenols is 3. The zero-order chi connectivity index (χ0) is 24.9. The van der Waals surface area contributed by atoms with E-state index >= 15 is 0 Å². The van der Waals surface area contributed by atoms with E-state index in [1.165, 1.54) is 19.2 Å². The van der Waals surface area contributed by atoms with Gasteiger partial charge in [0.05, 0.1) is 13.7 Å². The fourth-order valence-electron chi connectivity index (χ4n) is 4.58. The zero-order valence-corrected chi connectivity index (χ0v) is 18.6. The van der Waals surface area contributed by atoms with Crippen LogP contribution in [0.2, 0.25) is 0 Å². The van der Waals surface area contributed by atoms with Crippen molar-refractivity contribution in [2.45, 2.75) is 36.6 Å². The van der Waals surface area contributed by atoms with Gasteiger partial charge in [-0.05, 0) is 29.3 Å². The molecule has 0 amide bonds. The summed E-state index contributed by atoms with van der Waals surface area (Å²) in [7, 11) is 1.42. The van der Waals surface area contributed by atoms with Crippen LogP contribution in [0.3, 0.4) is 0 Å². The summed E-state index contributed by atoms with van der Waals surface area (Å²) in [6.07, 6.45) is -0.302. The summed E-state index contributed by atoms with van der Waals surface area (Å²) in [4.78, 5) is 12.8.